The monoisotopic (exact) mass is 464 g/mol. The number of carbonyl (C=O) groups is 2. The summed E-state index contributed by atoms with van der Waals surface area (Å²) >= 11 is 0. The Hall–Kier alpha value is -4.04. The average molecular weight is 464 g/mol. The smallest absolute Gasteiger partial charge is 0.328 e. The Bertz CT molecular complexity index is 1150. The molecule has 0 fully saturated rings. The third-order valence-electron chi connectivity index (χ3n) is 5.30. The number of halogens is 1. The Kier molecular flexibility index (Phi) is 8.48. The first kappa shape index (κ1) is 24.6. The predicted octanol–water partition coefficient (Wildman–Crippen LogP) is 4.25. The van der Waals surface area contributed by atoms with E-state index < -0.39 is 11.9 Å². The molecule has 0 radical (unpaired) electrons. The summed E-state index contributed by atoms with van der Waals surface area (Å²) in [6, 6.07) is 16.8. The zero-order valence-corrected chi connectivity index (χ0v) is 18.5. The maximum Gasteiger partial charge on any atom is 0.328 e. The number of benzene rings is 2. The van der Waals surface area contributed by atoms with Crippen LogP contribution in [0, 0.1) is 5.82 Å². The summed E-state index contributed by atoms with van der Waals surface area (Å²) in [5.74, 6) is -1.79. The SMILES string of the molecule is CNC(c1cncc(-c2ccc(F)cc2)c1)C1CCc2ccccc2O1.O=C(O)C=CC(=O)O. The summed E-state index contributed by atoms with van der Waals surface area (Å²) in [7, 11) is 1.94. The summed E-state index contributed by atoms with van der Waals surface area (Å²) in [4.78, 5) is 23.5. The lowest BCUT2D eigenvalue weighted by Crippen LogP contribution is -2.36. The van der Waals surface area contributed by atoms with Gasteiger partial charge in [-0.05, 0) is 60.8 Å². The van der Waals surface area contributed by atoms with E-state index in [2.05, 4.69) is 22.4 Å². The predicted molar refractivity (Wildman–Crippen MR) is 125 cm³/mol. The van der Waals surface area contributed by atoms with Gasteiger partial charge >= 0.3 is 11.9 Å². The van der Waals surface area contributed by atoms with Crippen molar-refractivity contribution in [2.24, 2.45) is 0 Å². The number of hydrogen-bond acceptors (Lipinski definition) is 5. The first-order valence-electron chi connectivity index (χ1n) is 10.6. The van der Waals surface area contributed by atoms with E-state index in [1.807, 2.05) is 31.4 Å². The van der Waals surface area contributed by atoms with E-state index in [1.165, 1.54) is 17.7 Å². The van der Waals surface area contributed by atoms with Crippen LogP contribution in [-0.2, 0) is 16.0 Å². The van der Waals surface area contributed by atoms with E-state index in [4.69, 9.17) is 14.9 Å². The molecular formula is C26H25FN2O5. The number of nitrogens with one attached hydrogen (secondary N) is 1. The van der Waals surface area contributed by atoms with Crippen LogP contribution in [0.15, 0.2) is 79.1 Å². The van der Waals surface area contributed by atoms with Gasteiger partial charge in [-0.25, -0.2) is 14.0 Å². The van der Waals surface area contributed by atoms with Crippen molar-refractivity contribution in [2.45, 2.75) is 25.0 Å². The highest BCUT2D eigenvalue weighted by Crippen LogP contribution is 2.33. The first-order chi connectivity index (χ1) is 16.4. The molecule has 0 amide bonds. The van der Waals surface area contributed by atoms with E-state index >= 15 is 0 Å². The molecule has 1 aliphatic rings. The zero-order valence-electron chi connectivity index (χ0n) is 18.5. The molecule has 2 heterocycles. The molecule has 4 rings (SSSR count). The number of pyridine rings is 1. The van der Waals surface area contributed by atoms with Crippen molar-refractivity contribution in [1.29, 1.82) is 0 Å². The van der Waals surface area contributed by atoms with E-state index in [1.54, 1.807) is 18.3 Å². The van der Waals surface area contributed by atoms with Gasteiger partial charge in [0.25, 0.3) is 0 Å². The molecule has 0 spiro atoms. The second-order valence-electron chi connectivity index (χ2n) is 7.59. The molecule has 8 heteroatoms. The van der Waals surface area contributed by atoms with Crippen molar-refractivity contribution in [3.8, 4) is 16.9 Å². The number of carboxylic acids is 2. The minimum absolute atomic E-state index is 0.0382. The molecule has 3 N–H and O–H groups in total. The lowest BCUT2D eigenvalue weighted by atomic mass is 9.93. The molecule has 7 nitrogen and oxygen atoms in total. The van der Waals surface area contributed by atoms with Gasteiger partial charge in [0.1, 0.15) is 17.7 Å². The third kappa shape index (κ3) is 6.73. The highest BCUT2D eigenvalue weighted by atomic mass is 19.1. The van der Waals surface area contributed by atoms with Crippen LogP contribution in [0.2, 0.25) is 0 Å². The number of ether oxygens (including phenoxy) is 1. The zero-order chi connectivity index (χ0) is 24.5. The topological polar surface area (TPSA) is 109 Å². The molecule has 2 atom stereocenters. The van der Waals surface area contributed by atoms with E-state index in [9.17, 15) is 14.0 Å². The van der Waals surface area contributed by atoms with Crippen LogP contribution in [0.4, 0.5) is 4.39 Å². The van der Waals surface area contributed by atoms with Gasteiger partial charge in [0, 0.05) is 30.1 Å². The van der Waals surface area contributed by atoms with E-state index in [-0.39, 0.29) is 18.0 Å². The minimum Gasteiger partial charge on any atom is -0.488 e. The van der Waals surface area contributed by atoms with Gasteiger partial charge in [-0.15, -0.1) is 0 Å². The van der Waals surface area contributed by atoms with Crippen LogP contribution in [0.25, 0.3) is 11.1 Å². The Morgan fingerprint density at radius 3 is 2.38 bits per heavy atom. The number of nitrogens with zero attached hydrogens (tertiary/aromatic N) is 1. The average Bonchev–Trinajstić information content (AvgIpc) is 2.84. The second kappa shape index (κ2) is 11.7. The van der Waals surface area contributed by atoms with Crippen LogP contribution in [0.1, 0.15) is 23.6 Å². The van der Waals surface area contributed by atoms with Gasteiger partial charge in [0.2, 0.25) is 0 Å². The third-order valence-corrected chi connectivity index (χ3v) is 5.30. The quantitative estimate of drug-likeness (QED) is 0.468. The number of rotatable bonds is 6. The number of aliphatic carboxylic acids is 2. The molecule has 3 aromatic rings. The number of para-hydroxylation sites is 1. The Balaban J connectivity index is 0.000000350. The van der Waals surface area contributed by atoms with Crippen LogP contribution < -0.4 is 10.1 Å². The summed E-state index contributed by atoms with van der Waals surface area (Å²) in [5, 5.41) is 19.0. The Labute approximate surface area is 196 Å². The second-order valence-corrected chi connectivity index (χ2v) is 7.59. The number of aryl methyl sites for hydroxylation is 1. The standard InChI is InChI=1S/C22H21FN2O.C4H4O4/c1-24-22(21-11-8-16-4-2-3-5-20(16)26-21)18-12-17(13-25-14-18)15-6-9-19(23)10-7-15;5-3(6)1-2-4(7)8/h2-7,9-10,12-14,21-22,24H,8,11H2,1H3;1-2H,(H,5,6)(H,7,8). The number of aromatic nitrogens is 1. The number of likely N-dealkylation sites (N-methyl/N-ethyl adjacent to an activating group) is 1. The molecular weight excluding hydrogens is 439 g/mol. The maximum absolute atomic E-state index is 13.2. The van der Waals surface area contributed by atoms with Gasteiger partial charge in [0.05, 0.1) is 6.04 Å². The van der Waals surface area contributed by atoms with Crippen molar-refractivity contribution in [3.05, 3.63) is 96.1 Å². The van der Waals surface area contributed by atoms with Crippen molar-refractivity contribution in [1.82, 2.24) is 10.3 Å². The molecule has 2 unspecified atom stereocenters. The minimum atomic E-state index is -1.26. The molecule has 0 saturated carbocycles. The summed E-state index contributed by atoms with van der Waals surface area (Å²) < 4.78 is 19.4. The number of hydrogen-bond donors (Lipinski definition) is 3. The highest BCUT2D eigenvalue weighted by molar-refractivity contribution is 5.89. The Morgan fingerprint density at radius 1 is 1.06 bits per heavy atom. The molecule has 0 bridgehead atoms. The first-order valence-corrected chi connectivity index (χ1v) is 10.6. The number of carboxylic acid groups (broad SMARTS) is 2. The van der Waals surface area contributed by atoms with E-state index in [0.29, 0.717) is 12.2 Å². The normalized spacial score (nSPS) is 15.4. The molecule has 176 valence electrons. The molecule has 0 saturated heterocycles. The summed E-state index contributed by atoms with van der Waals surface area (Å²) in [6.07, 6.45) is 6.79. The molecule has 2 aromatic carbocycles. The van der Waals surface area contributed by atoms with E-state index in [0.717, 1.165) is 35.3 Å². The van der Waals surface area contributed by atoms with Gasteiger partial charge in [-0.3, -0.25) is 4.98 Å². The van der Waals surface area contributed by atoms with Crippen LogP contribution in [0.3, 0.4) is 0 Å². The largest absolute Gasteiger partial charge is 0.488 e. The van der Waals surface area contributed by atoms with Crippen LogP contribution in [0.5, 0.6) is 5.75 Å². The highest BCUT2D eigenvalue weighted by Gasteiger charge is 2.28. The van der Waals surface area contributed by atoms with Crippen molar-refractivity contribution in [3.63, 3.8) is 0 Å². The number of fused-ring (bicyclic) bond motifs is 1. The van der Waals surface area contributed by atoms with Crippen LogP contribution >= 0.6 is 0 Å². The summed E-state index contributed by atoms with van der Waals surface area (Å²) in [6.45, 7) is 0. The van der Waals surface area contributed by atoms with Crippen molar-refractivity contribution < 1.29 is 28.9 Å². The van der Waals surface area contributed by atoms with Crippen molar-refractivity contribution in [2.75, 3.05) is 7.05 Å². The van der Waals surface area contributed by atoms with Crippen molar-refractivity contribution >= 4 is 11.9 Å². The van der Waals surface area contributed by atoms with Gasteiger partial charge in [-0.1, -0.05) is 30.3 Å². The van der Waals surface area contributed by atoms with Gasteiger partial charge in [-0.2, -0.15) is 0 Å². The lowest BCUT2D eigenvalue weighted by Gasteiger charge is -2.32. The lowest BCUT2D eigenvalue weighted by molar-refractivity contribution is -0.134. The fraction of sp³-hybridized carbons (Fsp3) is 0.192. The Morgan fingerprint density at radius 2 is 1.74 bits per heavy atom. The maximum atomic E-state index is 13.2. The molecule has 0 aliphatic carbocycles. The fourth-order valence-electron chi connectivity index (χ4n) is 3.72. The molecule has 1 aliphatic heterocycles. The van der Waals surface area contributed by atoms with Gasteiger partial charge in [0.15, 0.2) is 0 Å². The molecule has 34 heavy (non-hydrogen) atoms. The van der Waals surface area contributed by atoms with Gasteiger partial charge < -0.3 is 20.3 Å². The fourth-order valence-corrected chi connectivity index (χ4v) is 3.72. The van der Waals surface area contributed by atoms with Crippen LogP contribution in [-0.4, -0.2) is 40.3 Å². The summed E-state index contributed by atoms with van der Waals surface area (Å²) in [5.41, 5.74) is 4.25. The molecule has 1 aromatic heterocycles.